The van der Waals surface area contributed by atoms with Crippen LogP contribution < -0.4 is 0 Å². The molecule has 96 valence electrons. The van der Waals surface area contributed by atoms with Gasteiger partial charge >= 0.3 is 0 Å². The van der Waals surface area contributed by atoms with E-state index in [4.69, 9.17) is 0 Å². The summed E-state index contributed by atoms with van der Waals surface area (Å²) in [7, 11) is 0. The molecule has 0 aliphatic rings. The average molecular weight is 227 g/mol. The fourth-order valence-corrected chi connectivity index (χ4v) is 1.70. The van der Waals surface area contributed by atoms with Crippen LogP contribution in [0.25, 0.3) is 0 Å². The van der Waals surface area contributed by atoms with Crippen LogP contribution in [0.2, 0.25) is 0 Å². The summed E-state index contributed by atoms with van der Waals surface area (Å²) in [5.41, 5.74) is -0.193. The number of nitrogens with zero attached hydrogens (tertiary/aromatic N) is 1. The van der Waals surface area contributed by atoms with Gasteiger partial charge in [-0.25, -0.2) is 0 Å². The molecule has 16 heavy (non-hydrogen) atoms. The highest BCUT2D eigenvalue weighted by molar-refractivity contribution is 5.81. The Morgan fingerprint density at radius 1 is 1.06 bits per heavy atom. The number of Topliss-reactive ketones (excluding diaryl/α,β-unsaturated/α-hetero) is 1. The zero-order valence-electron chi connectivity index (χ0n) is 11.8. The minimum Gasteiger partial charge on any atom is -0.302 e. The SMILES string of the molecule is CCCCN(CCCC)CC(C)(C)C(C)=O. The van der Waals surface area contributed by atoms with Gasteiger partial charge in [0, 0.05) is 12.0 Å². The highest BCUT2D eigenvalue weighted by atomic mass is 16.1. The summed E-state index contributed by atoms with van der Waals surface area (Å²) < 4.78 is 0. The van der Waals surface area contributed by atoms with Gasteiger partial charge in [0.1, 0.15) is 5.78 Å². The summed E-state index contributed by atoms with van der Waals surface area (Å²) in [4.78, 5) is 14.0. The molecule has 2 heteroatoms. The Kier molecular flexibility index (Phi) is 7.65. The fraction of sp³-hybridized carbons (Fsp3) is 0.929. The Morgan fingerprint density at radius 2 is 1.50 bits per heavy atom. The molecule has 0 aliphatic carbocycles. The highest BCUT2D eigenvalue weighted by Crippen LogP contribution is 2.19. The molecule has 0 saturated heterocycles. The fourth-order valence-electron chi connectivity index (χ4n) is 1.70. The maximum absolute atomic E-state index is 11.5. The smallest absolute Gasteiger partial charge is 0.136 e. The molecule has 0 saturated carbocycles. The Bertz CT molecular complexity index is 191. The van der Waals surface area contributed by atoms with Gasteiger partial charge in [-0.05, 0) is 32.9 Å². The van der Waals surface area contributed by atoms with E-state index >= 15 is 0 Å². The Labute approximate surface area is 101 Å². The third-order valence-electron chi connectivity index (χ3n) is 3.23. The van der Waals surface area contributed by atoms with Crippen molar-refractivity contribution in [3.8, 4) is 0 Å². The van der Waals surface area contributed by atoms with Crippen LogP contribution in [0.15, 0.2) is 0 Å². The second-order valence-corrected chi connectivity index (χ2v) is 5.42. The Hall–Kier alpha value is -0.370. The van der Waals surface area contributed by atoms with Gasteiger partial charge in [-0.1, -0.05) is 40.5 Å². The second kappa shape index (κ2) is 7.83. The largest absolute Gasteiger partial charge is 0.302 e. The van der Waals surface area contributed by atoms with Crippen molar-refractivity contribution in [2.75, 3.05) is 19.6 Å². The molecule has 0 aromatic heterocycles. The van der Waals surface area contributed by atoms with Crippen molar-refractivity contribution in [3.63, 3.8) is 0 Å². The lowest BCUT2D eigenvalue weighted by atomic mass is 9.88. The maximum atomic E-state index is 11.5. The summed E-state index contributed by atoms with van der Waals surface area (Å²) in [5.74, 6) is 0.297. The second-order valence-electron chi connectivity index (χ2n) is 5.42. The molecule has 2 nitrogen and oxygen atoms in total. The van der Waals surface area contributed by atoms with E-state index in [2.05, 4.69) is 32.6 Å². The first-order chi connectivity index (χ1) is 7.44. The van der Waals surface area contributed by atoms with Gasteiger partial charge in [-0.3, -0.25) is 4.79 Å². The molecule has 0 N–H and O–H groups in total. The van der Waals surface area contributed by atoms with Crippen molar-refractivity contribution in [2.45, 2.75) is 60.3 Å². The molecule has 0 radical (unpaired) electrons. The van der Waals surface area contributed by atoms with Crippen molar-refractivity contribution in [3.05, 3.63) is 0 Å². The van der Waals surface area contributed by atoms with Crippen molar-refractivity contribution < 1.29 is 4.79 Å². The lowest BCUT2D eigenvalue weighted by Gasteiger charge is -2.31. The van der Waals surface area contributed by atoms with E-state index in [0.717, 1.165) is 19.6 Å². The summed E-state index contributed by atoms with van der Waals surface area (Å²) in [6.45, 7) is 13.4. The van der Waals surface area contributed by atoms with E-state index in [-0.39, 0.29) is 5.41 Å². The van der Waals surface area contributed by atoms with Crippen LogP contribution in [0.3, 0.4) is 0 Å². The first-order valence-electron chi connectivity index (χ1n) is 6.67. The highest BCUT2D eigenvalue weighted by Gasteiger charge is 2.26. The number of carbonyl (C=O) groups is 1. The van der Waals surface area contributed by atoms with E-state index in [9.17, 15) is 4.79 Å². The first-order valence-corrected chi connectivity index (χ1v) is 6.67. The van der Waals surface area contributed by atoms with Crippen molar-refractivity contribution in [2.24, 2.45) is 5.41 Å². The molecular formula is C14H29NO. The Balaban J connectivity index is 4.22. The number of hydrogen-bond donors (Lipinski definition) is 0. The predicted octanol–water partition coefficient (Wildman–Crippen LogP) is 3.50. The standard InChI is InChI=1S/C14H29NO/c1-6-8-10-15(11-9-7-2)12-14(4,5)13(3)16/h6-12H2,1-5H3. The van der Waals surface area contributed by atoms with Gasteiger partial charge < -0.3 is 4.90 Å². The molecule has 0 spiro atoms. The molecule has 0 atom stereocenters. The minimum atomic E-state index is -0.193. The lowest BCUT2D eigenvalue weighted by molar-refractivity contribution is -0.125. The number of hydrogen-bond acceptors (Lipinski definition) is 2. The van der Waals surface area contributed by atoms with Crippen LogP contribution in [0.1, 0.15) is 60.3 Å². The number of rotatable bonds is 9. The molecule has 0 rings (SSSR count). The van der Waals surface area contributed by atoms with Crippen molar-refractivity contribution in [1.82, 2.24) is 4.90 Å². The third-order valence-corrected chi connectivity index (χ3v) is 3.23. The summed E-state index contributed by atoms with van der Waals surface area (Å²) >= 11 is 0. The monoisotopic (exact) mass is 227 g/mol. The van der Waals surface area contributed by atoms with Crippen LogP contribution >= 0.6 is 0 Å². The zero-order chi connectivity index (χ0) is 12.6. The molecule has 0 aromatic rings. The van der Waals surface area contributed by atoms with Gasteiger partial charge in [0.05, 0.1) is 0 Å². The molecule has 0 heterocycles. The van der Waals surface area contributed by atoms with Gasteiger partial charge in [0.25, 0.3) is 0 Å². The summed E-state index contributed by atoms with van der Waals surface area (Å²) in [6, 6.07) is 0. The molecule has 0 amide bonds. The summed E-state index contributed by atoms with van der Waals surface area (Å²) in [6.07, 6.45) is 4.92. The average Bonchev–Trinajstić information content (AvgIpc) is 2.21. The molecule has 0 aliphatic heterocycles. The van der Waals surface area contributed by atoms with E-state index in [1.165, 1.54) is 25.7 Å². The summed E-state index contributed by atoms with van der Waals surface area (Å²) in [5, 5.41) is 0. The maximum Gasteiger partial charge on any atom is 0.136 e. The van der Waals surface area contributed by atoms with Gasteiger partial charge in [0.15, 0.2) is 0 Å². The van der Waals surface area contributed by atoms with Gasteiger partial charge in [-0.15, -0.1) is 0 Å². The quantitative estimate of drug-likeness (QED) is 0.601. The number of carbonyl (C=O) groups excluding carboxylic acids is 1. The van der Waals surface area contributed by atoms with Gasteiger partial charge in [-0.2, -0.15) is 0 Å². The third kappa shape index (κ3) is 6.26. The zero-order valence-corrected chi connectivity index (χ0v) is 11.8. The molecule has 0 unspecified atom stereocenters. The molecular weight excluding hydrogens is 198 g/mol. The number of ketones is 1. The van der Waals surface area contributed by atoms with Gasteiger partial charge in [0.2, 0.25) is 0 Å². The molecule has 0 aromatic carbocycles. The van der Waals surface area contributed by atoms with Crippen LogP contribution in [-0.2, 0) is 4.79 Å². The van der Waals surface area contributed by atoms with Crippen molar-refractivity contribution >= 4 is 5.78 Å². The van der Waals surface area contributed by atoms with Crippen LogP contribution in [0.5, 0.6) is 0 Å². The molecule has 0 bridgehead atoms. The minimum absolute atomic E-state index is 0.193. The van der Waals surface area contributed by atoms with E-state index in [1.54, 1.807) is 6.92 Å². The van der Waals surface area contributed by atoms with Crippen LogP contribution in [-0.4, -0.2) is 30.3 Å². The van der Waals surface area contributed by atoms with Crippen molar-refractivity contribution in [1.29, 1.82) is 0 Å². The number of unbranched alkanes of at least 4 members (excludes halogenated alkanes) is 2. The Morgan fingerprint density at radius 3 is 1.81 bits per heavy atom. The predicted molar refractivity (Wildman–Crippen MR) is 70.7 cm³/mol. The van der Waals surface area contributed by atoms with Crippen LogP contribution in [0, 0.1) is 5.41 Å². The normalized spacial score (nSPS) is 12.1. The lowest BCUT2D eigenvalue weighted by Crippen LogP contribution is -2.39. The first kappa shape index (κ1) is 15.6. The van der Waals surface area contributed by atoms with E-state index in [0.29, 0.717) is 5.78 Å². The topological polar surface area (TPSA) is 20.3 Å². The van der Waals surface area contributed by atoms with E-state index < -0.39 is 0 Å². The molecule has 0 fully saturated rings. The van der Waals surface area contributed by atoms with E-state index in [1.807, 2.05) is 0 Å². The van der Waals surface area contributed by atoms with Crippen LogP contribution in [0.4, 0.5) is 0 Å².